The number of hydrogen-bond donors (Lipinski definition) is 0. The highest BCUT2D eigenvalue weighted by Gasteiger charge is 2.51. The second-order valence-corrected chi connectivity index (χ2v) is 6.31. The Morgan fingerprint density at radius 2 is 1.94 bits per heavy atom. The van der Waals surface area contributed by atoms with Crippen molar-refractivity contribution in [3.05, 3.63) is 18.2 Å². The molecule has 0 amide bonds. The van der Waals surface area contributed by atoms with Crippen LogP contribution < -0.4 is 0 Å². The van der Waals surface area contributed by atoms with Gasteiger partial charge < -0.3 is 4.57 Å². The first-order valence-electron chi connectivity index (χ1n) is 7.00. The van der Waals surface area contributed by atoms with Gasteiger partial charge >= 0.3 is 0 Å². The fraction of sp³-hybridized carbons (Fsp3) is 0.786. The molecule has 4 atom stereocenters. The molecule has 2 bridgehead atoms. The number of rotatable bonds is 2. The Hall–Kier alpha value is -0.830. The molecule has 3 heteroatoms. The van der Waals surface area contributed by atoms with Crippen LogP contribution in [0.3, 0.4) is 0 Å². The van der Waals surface area contributed by atoms with E-state index in [0.29, 0.717) is 0 Å². The van der Waals surface area contributed by atoms with Gasteiger partial charge in [-0.1, -0.05) is 0 Å². The molecule has 0 aromatic carbocycles. The van der Waals surface area contributed by atoms with Crippen molar-refractivity contribution in [2.24, 2.45) is 30.7 Å². The lowest BCUT2D eigenvalue weighted by molar-refractivity contribution is 0.278. The Balaban J connectivity index is 1.47. The van der Waals surface area contributed by atoms with E-state index in [9.17, 15) is 0 Å². The molecule has 0 radical (unpaired) electrons. The van der Waals surface area contributed by atoms with Gasteiger partial charge in [-0.2, -0.15) is 0 Å². The molecule has 0 spiro atoms. The van der Waals surface area contributed by atoms with Crippen molar-refractivity contribution in [3.63, 3.8) is 0 Å². The van der Waals surface area contributed by atoms with Crippen LogP contribution >= 0.6 is 0 Å². The van der Waals surface area contributed by atoms with Gasteiger partial charge in [0.2, 0.25) is 0 Å². The standard InChI is InChI=1S/C14H21N3/c1-16-5-4-15-14(16)9-17-7-12-10-2-3-11(6-10)13(12)8-17/h4-5,10-13H,2-3,6-9H2,1H3/t10-,11+,12-,13+. The molecular weight excluding hydrogens is 210 g/mol. The molecule has 17 heavy (non-hydrogen) atoms. The SMILES string of the molecule is Cn1ccnc1CN1C[C@@H]2[C@@H]3CC[C@@H](C3)[C@@H]2C1. The number of nitrogens with zero attached hydrogens (tertiary/aromatic N) is 3. The Labute approximate surface area is 103 Å². The van der Waals surface area contributed by atoms with Gasteiger partial charge in [-0.3, -0.25) is 4.90 Å². The zero-order valence-corrected chi connectivity index (χ0v) is 10.5. The zero-order chi connectivity index (χ0) is 11.4. The highest BCUT2D eigenvalue weighted by atomic mass is 15.2. The van der Waals surface area contributed by atoms with Crippen LogP contribution in [0.25, 0.3) is 0 Å². The highest BCUT2D eigenvalue weighted by Crippen LogP contribution is 2.55. The third-order valence-electron chi connectivity index (χ3n) is 5.50. The van der Waals surface area contributed by atoms with E-state index in [1.165, 1.54) is 31.8 Å². The summed E-state index contributed by atoms with van der Waals surface area (Å²) in [6.45, 7) is 3.72. The van der Waals surface area contributed by atoms with Gasteiger partial charge in [0.25, 0.3) is 0 Å². The number of likely N-dealkylation sites (tertiary alicyclic amines) is 1. The summed E-state index contributed by atoms with van der Waals surface area (Å²) < 4.78 is 2.16. The summed E-state index contributed by atoms with van der Waals surface area (Å²) in [4.78, 5) is 7.09. The minimum Gasteiger partial charge on any atom is -0.337 e. The maximum atomic E-state index is 4.45. The third kappa shape index (κ3) is 1.48. The normalized spacial score (nSPS) is 40.1. The van der Waals surface area contributed by atoms with Crippen molar-refractivity contribution in [1.82, 2.24) is 14.5 Å². The van der Waals surface area contributed by atoms with Crippen LogP contribution in [-0.2, 0) is 13.6 Å². The van der Waals surface area contributed by atoms with Gasteiger partial charge in [-0.05, 0) is 42.9 Å². The van der Waals surface area contributed by atoms with Gasteiger partial charge in [-0.15, -0.1) is 0 Å². The van der Waals surface area contributed by atoms with Crippen molar-refractivity contribution in [2.75, 3.05) is 13.1 Å². The van der Waals surface area contributed by atoms with Crippen LogP contribution in [0.1, 0.15) is 25.1 Å². The maximum absolute atomic E-state index is 4.45. The first kappa shape index (κ1) is 10.1. The highest BCUT2D eigenvalue weighted by molar-refractivity contribution is 5.03. The van der Waals surface area contributed by atoms with E-state index in [4.69, 9.17) is 0 Å². The summed E-state index contributed by atoms with van der Waals surface area (Å²) in [6.07, 6.45) is 8.54. The number of aromatic nitrogens is 2. The fourth-order valence-corrected chi connectivity index (χ4v) is 4.65. The van der Waals surface area contributed by atoms with Crippen molar-refractivity contribution >= 4 is 0 Å². The summed E-state index contributed by atoms with van der Waals surface area (Å²) in [5, 5.41) is 0. The average molecular weight is 231 g/mol. The average Bonchev–Trinajstić information content (AvgIpc) is 3.02. The van der Waals surface area contributed by atoms with Crippen LogP contribution in [0, 0.1) is 23.7 Å². The predicted octanol–water partition coefficient (Wildman–Crippen LogP) is 1.90. The molecule has 0 N–H and O–H groups in total. The summed E-state index contributed by atoms with van der Waals surface area (Å²) in [7, 11) is 2.10. The van der Waals surface area contributed by atoms with Gasteiger partial charge in [0.15, 0.2) is 0 Å². The van der Waals surface area contributed by atoms with Crippen molar-refractivity contribution in [3.8, 4) is 0 Å². The van der Waals surface area contributed by atoms with Crippen molar-refractivity contribution in [2.45, 2.75) is 25.8 Å². The molecule has 92 valence electrons. The second kappa shape index (κ2) is 3.58. The molecule has 3 aliphatic rings. The van der Waals surface area contributed by atoms with E-state index in [2.05, 4.69) is 27.7 Å². The second-order valence-electron chi connectivity index (χ2n) is 6.31. The first-order valence-corrected chi connectivity index (χ1v) is 7.00. The Kier molecular flexibility index (Phi) is 2.13. The van der Waals surface area contributed by atoms with Crippen LogP contribution in [0.5, 0.6) is 0 Å². The number of fused-ring (bicyclic) bond motifs is 5. The molecule has 1 saturated heterocycles. The summed E-state index contributed by atoms with van der Waals surface area (Å²) >= 11 is 0. The minimum atomic E-state index is 1.02. The Morgan fingerprint density at radius 1 is 1.24 bits per heavy atom. The van der Waals surface area contributed by atoms with Crippen LogP contribution in [-0.4, -0.2) is 27.5 Å². The molecule has 0 unspecified atom stereocenters. The molecule has 2 heterocycles. The summed E-state index contributed by atoms with van der Waals surface area (Å²) in [5.74, 6) is 5.40. The number of aryl methyl sites for hydroxylation is 1. The monoisotopic (exact) mass is 231 g/mol. The lowest BCUT2D eigenvalue weighted by Gasteiger charge is -2.22. The van der Waals surface area contributed by atoms with Gasteiger partial charge in [0, 0.05) is 32.5 Å². The molecule has 3 fully saturated rings. The van der Waals surface area contributed by atoms with Crippen LogP contribution in [0.2, 0.25) is 0 Å². The Bertz CT molecular complexity index is 407. The lowest BCUT2D eigenvalue weighted by Crippen LogP contribution is -2.24. The fourth-order valence-electron chi connectivity index (χ4n) is 4.65. The van der Waals surface area contributed by atoms with Crippen LogP contribution in [0.4, 0.5) is 0 Å². The van der Waals surface area contributed by atoms with Gasteiger partial charge in [0.1, 0.15) is 5.82 Å². The zero-order valence-electron chi connectivity index (χ0n) is 10.5. The molecule has 3 nitrogen and oxygen atoms in total. The van der Waals surface area contributed by atoms with E-state index in [-0.39, 0.29) is 0 Å². The molecule has 1 aliphatic heterocycles. The molecule has 1 aromatic rings. The van der Waals surface area contributed by atoms with E-state index in [1.54, 1.807) is 6.42 Å². The number of hydrogen-bond acceptors (Lipinski definition) is 2. The van der Waals surface area contributed by atoms with Crippen LogP contribution in [0.15, 0.2) is 12.4 Å². The van der Waals surface area contributed by atoms with E-state index in [1.807, 2.05) is 6.20 Å². The molecular formula is C14H21N3. The Morgan fingerprint density at radius 3 is 2.53 bits per heavy atom. The summed E-state index contributed by atoms with van der Waals surface area (Å²) in [5.41, 5.74) is 0. The van der Waals surface area contributed by atoms with Gasteiger partial charge in [-0.25, -0.2) is 4.98 Å². The van der Waals surface area contributed by atoms with E-state index >= 15 is 0 Å². The summed E-state index contributed by atoms with van der Waals surface area (Å²) in [6, 6.07) is 0. The van der Waals surface area contributed by atoms with Gasteiger partial charge in [0.05, 0.1) is 6.54 Å². The number of imidazole rings is 1. The topological polar surface area (TPSA) is 21.1 Å². The smallest absolute Gasteiger partial charge is 0.122 e. The van der Waals surface area contributed by atoms with E-state index < -0.39 is 0 Å². The molecule has 1 aromatic heterocycles. The minimum absolute atomic E-state index is 1.02. The van der Waals surface area contributed by atoms with Crippen molar-refractivity contribution in [1.29, 1.82) is 0 Å². The quantitative estimate of drug-likeness (QED) is 0.775. The maximum Gasteiger partial charge on any atom is 0.122 e. The van der Waals surface area contributed by atoms with Crippen molar-refractivity contribution < 1.29 is 0 Å². The molecule has 2 saturated carbocycles. The van der Waals surface area contributed by atoms with E-state index in [0.717, 1.165) is 30.2 Å². The predicted molar refractivity (Wildman–Crippen MR) is 66.3 cm³/mol. The molecule has 2 aliphatic carbocycles. The third-order valence-corrected chi connectivity index (χ3v) is 5.50. The lowest BCUT2D eigenvalue weighted by atomic mass is 9.82. The first-order chi connectivity index (χ1) is 8.31. The largest absolute Gasteiger partial charge is 0.337 e. The molecule has 4 rings (SSSR count).